The van der Waals surface area contributed by atoms with Crippen molar-refractivity contribution in [3.8, 4) is 0 Å². The number of nitrogens with zero attached hydrogens (tertiary/aromatic N) is 1. The molecule has 1 rings (SSSR count). The van der Waals surface area contributed by atoms with Crippen LogP contribution in [0.1, 0.15) is 39.0 Å². The number of benzene rings is 1. The molecule has 1 atom stereocenters. The average Bonchev–Trinajstić information content (AvgIpc) is 2.58. The van der Waals surface area contributed by atoms with E-state index in [4.69, 9.17) is 0 Å². The Balaban J connectivity index is 3.18. The lowest BCUT2D eigenvalue weighted by atomic mass is 10.0. The molecule has 0 aliphatic carbocycles. The van der Waals surface area contributed by atoms with E-state index in [-0.39, 0.29) is 6.42 Å². The van der Waals surface area contributed by atoms with Gasteiger partial charge in [-0.2, -0.15) is 22.0 Å². The van der Waals surface area contributed by atoms with Crippen LogP contribution in [0.3, 0.4) is 0 Å². The summed E-state index contributed by atoms with van der Waals surface area (Å²) in [6.07, 6.45) is -0.740. The van der Waals surface area contributed by atoms with Gasteiger partial charge in [-0.1, -0.05) is 44.4 Å². The molecule has 0 fully saturated rings. The van der Waals surface area contributed by atoms with Gasteiger partial charge in [0.05, 0.1) is 0 Å². The van der Waals surface area contributed by atoms with Crippen LogP contribution in [-0.4, -0.2) is 24.7 Å². The molecule has 0 bridgehead atoms. The lowest BCUT2D eigenvalue weighted by Gasteiger charge is -2.37. The molecule has 9 heteroatoms. The first-order valence-electron chi connectivity index (χ1n) is 7.80. The Morgan fingerprint density at radius 3 is 1.92 bits per heavy atom. The van der Waals surface area contributed by atoms with Crippen molar-refractivity contribution in [1.82, 2.24) is 4.71 Å². The quantitative estimate of drug-likeness (QED) is 0.185. The highest BCUT2D eigenvalue weighted by Gasteiger charge is 2.83. The monoisotopic (exact) mass is 378 g/mol. The van der Waals surface area contributed by atoms with Crippen LogP contribution in [-0.2, 0) is 0 Å². The molecule has 0 saturated carbocycles. The van der Waals surface area contributed by atoms with Crippen LogP contribution >= 0.6 is 0 Å². The molecule has 0 aliphatic rings. The van der Waals surface area contributed by atoms with Gasteiger partial charge in [0, 0.05) is 23.0 Å². The van der Waals surface area contributed by atoms with Gasteiger partial charge in [0.25, 0.3) is 6.80 Å². The number of unbranched alkanes of at least 4 members (excludes halogenated alkanes) is 3. The maximum absolute atomic E-state index is 14.5. The lowest BCUT2D eigenvalue weighted by molar-refractivity contribution is -0.386. The Kier molecular flexibility index (Phi) is 6.83. The fraction of sp³-hybridized carbons (Fsp3) is 0.625. The average molecular weight is 378 g/mol. The zero-order valence-electron chi connectivity index (χ0n) is 13.6. The highest BCUT2D eigenvalue weighted by Crippen LogP contribution is 2.53. The molecule has 0 N–H and O–H groups in total. The molecule has 0 aliphatic heterocycles. The van der Waals surface area contributed by atoms with Crippen molar-refractivity contribution >= 4 is 5.69 Å². The van der Waals surface area contributed by atoms with Crippen molar-refractivity contribution in [3.05, 3.63) is 30.3 Å². The van der Waals surface area contributed by atoms with Crippen molar-refractivity contribution in [3.63, 3.8) is 0 Å². The van der Waals surface area contributed by atoms with Crippen LogP contribution in [0.2, 0.25) is 0 Å². The van der Waals surface area contributed by atoms with Crippen molar-refractivity contribution < 1.29 is 35.2 Å². The van der Waals surface area contributed by atoms with Gasteiger partial charge in [0.15, 0.2) is 5.69 Å². The number of para-hydroxylation sites is 1. The minimum atomic E-state index is -6.08. The fourth-order valence-electron chi connectivity index (χ4n) is 2.34. The first-order chi connectivity index (χ1) is 11.5. The summed E-state index contributed by atoms with van der Waals surface area (Å²) in [4.78, 5) is 0. The topological polar surface area (TPSA) is 0 Å². The summed E-state index contributed by atoms with van der Waals surface area (Å²) in [6.45, 7) is -0.880. The Labute approximate surface area is 140 Å². The van der Waals surface area contributed by atoms with Crippen molar-refractivity contribution in [2.75, 3.05) is 6.80 Å². The van der Waals surface area contributed by atoms with Gasteiger partial charge in [-0.3, -0.25) is 0 Å². The molecule has 0 amide bonds. The second-order valence-corrected chi connectivity index (χ2v) is 5.80. The first kappa shape index (κ1) is 21.7. The number of hydrogen-bond acceptors (Lipinski definition) is 0. The fourth-order valence-corrected chi connectivity index (χ4v) is 2.34. The van der Waals surface area contributed by atoms with E-state index in [1.165, 1.54) is 6.07 Å². The van der Waals surface area contributed by atoms with Gasteiger partial charge >= 0.3 is 17.9 Å². The summed E-state index contributed by atoms with van der Waals surface area (Å²) >= 11 is 0. The summed E-state index contributed by atoms with van der Waals surface area (Å²) in [6, 6.07) is -1.47. The molecule has 1 unspecified atom stereocenters. The van der Waals surface area contributed by atoms with Crippen LogP contribution in [0, 0.1) is 0 Å². The zero-order chi connectivity index (χ0) is 19.4. The van der Waals surface area contributed by atoms with Crippen LogP contribution in [0.15, 0.2) is 30.3 Å². The molecule has 0 aromatic heterocycles. The minimum Gasteiger partial charge on any atom is -0.199 e. The first-order valence-corrected chi connectivity index (χ1v) is 7.80. The Morgan fingerprint density at radius 1 is 0.880 bits per heavy atom. The van der Waals surface area contributed by atoms with Crippen LogP contribution < -0.4 is 4.71 Å². The van der Waals surface area contributed by atoms with Gasteiger partial charge in [0.1, 0.15) is 0 Å². The van der Waals surface area contributed by atoms with Crippen LogP contribution in [0.4, 0.5) is 40.9 Å². The van der Waals surface area contributed by atoms with Crippen molar-refractivity contribution in [1.29, 1.82) is 0 Å². The van der Waals surface area contributed by atoms with Crippen molar-refractivity contribution in [2.45, 2.75) is 56.9 Å². The zero-order valence-corrected chi connectivity index (χ0v) is 13.6. The number of hydrogen-bond donors (Lipinski definition) is 0. The molecule has 0 radical (unpaired) electrons. The molecule has 0 spiro atoms. The molecular formula is C16H20F8N+. The van der Waals surface area contributed by atoms with E-state index in [9.17, 15) is 35.2 Å². The van der Waals surface area contributed by atoms with Gasteiger partial charge in [-0.15, -0.1) is 8.78 Å². The SMILES string of the molecule is CCCCCCC(F)(F)C(F)(F)C(F)(F)[N+](F)(CF)c1ccccc1. The van der Waals surface area contributed by atoms with E-state index < -0.39 is 47.9 Å². The third kappa shape index (κ3) is 3.91. The Morgan fingerprint density at radius 2 is 1.44 bits per heavy atom. The van der Waals surface area contributed by atoms with E-state index in [1.807, 2.05) is 0 Å². The number of alkyl halides is 7. The normalized spacial score (nSPS) is 15.9. The van der Waals surface area contributed by atoms with Gasteiger partial charge in [-0.25, -0.2) is 0 Å². The number of halogens is 8. The van der Waals surface area contributed by atoms with E-state index in [0.717, 1.165) is 12.1 Å². The van der Waals surface area contributed by atoms with Crippen LogP contribution in [0.25, 0.3) is 0 Å². The second kappa shape index (κ2) is 7.88. The number of quaternary nitrogens is 1. The number of rotatable bonds is 10. The lowest BCUT2D eigenvalue weighted by Crippen LogP contribution is -2.69. The van der Waals surface area contributed by atoms with Gasteiger partial charge in [-0.05, 0) is 11.1 Å². The molecule has 1 aromatic rings. The third-order valence-electron chi connectivity index (χ3n) is 3.96. The summed E-state index contributed by atoms with van der Waals surface area (Å²) < 4.78 is 107. The predicted molar refractivity (Wildman–Crippen MR) is 78.9 cm³/mol. The Bertz CT molecular complexity index is 534. The smallest absolute Gasteiger partial charge is 0.199 e. The van der Waals surface area contributed by atoms with E-state index in [2.05, 4.69) is 0 Å². The standard InChI is InChI=1S/C16H20F8N/c1-2-3-4-8-11-14(18,19)15(20,21)16(22,23)25(24,12-17)13-9-6-5-7-10-13/h5-7,9-10H,2-4,8,11-12H2,1H3/q+1. The molecule has 144 valence electrons. The van der Waals surface area contributed by atoms with E-state index >= 15 is 0 Å². The molecule has 0 saturated heterocycles. The van der Waals surface area contributed by atoms with E-state index in [1.54, 1.807) is 6.92 Å². The highest BCUT2D eigenvalue weighted by atomic mass is 19.4. The maximum atomic E-state index is 14.5. The van der Waals surface area contributed by atoms with Gasteiger partial charge in [0.2, 0.25) is 0 Å². The summed E-state index contributed by atoms with van der Waals surface area (Å²) in [5.41, 5.74) is -1.18. The molecule has 0 heterocycles. The molecule has 1 aromatic carbocycles. The van der Waals surface area contributed by atoms with E-state index in [0.29, 0.717) is 25.0 Å². The second-order valence-electron chi connectivity index (χ2n) is 5.80. The molecular weight excluding hydrogens is 358 g/mol. The largest absolute Gasteiger partial charge is 0.504 e. The minimum absolute atomic E-state index is 0.144. The maximum Gasteiger partial charge on any atom is 0.504 e. The summed E-state index contributed by atoms with van der Waals surface area (Å²) in [7, 11) is 0. The third-order valence-corrected chi connectivity index (χ3v) is 3.96. The van der Waals surface area contributed by atoms with Crippen LogP contribution in [0.5, 0.6) is 0 Å². The van der Waals surface area contributed by atoms with Gasteiger partial charge < -0.3 is 0 Å². The highest BCUT2D eigenvalue weighted by molar-refractivity contribution is 5.41. The summed E-state index contributed by atoms with van der Waals surface area (Å²) in [5, 5.41) is 0. The Hall–Kier alpha value is -1.38. The predicted octanol–water partition coefficient (Wildman–Crippen LogP) is 6.64. The molecule has 1 nitrogen and oxygen atoms in total. The molecule has 25 heavy (non-hydrogen) atoms. The summed E-state index contributed by atoms with van der Waals surface area (Å²) in [5.74, 6) is -11.3. The van der Waals surface area contributed by atoms with Crippen molar-refractivity contribution in [2.24, 2.45) is 0 Å².